The summed E-state index contributed by atoms with van der Waals surface area (Å²) in [5, 5.41) is 9.62. The Morgan fingerprint density at radius 2 is 1.79 bits per heavy atom. The average molecular weight is 334 g/mol. The van der Waals surface area contributed by atoms with Crippen LogP contribution < -0.4 is 0 Å². The number of nitriles is 1. The van der Waals surface area contributed by atoms with Crippen molar-refractivity contribution in [1.29, 1.82) is 5.26 Å². The number of hydrogen-bond donors (Lipinski definition) is 0. The number of hydrogen-bond acceptors (Lipinski definition) is 4. The molecule has 1 aromatic heterocycles. The Morgan fingerprint density at radius 1 is 1.16 bits per heavy atom. The van der Waals surface area contributed by atoms with Gasteiger partial charge in [-0.3, -0.25) is 0 Å². The van der Waals surface area contributed by atoms with Crippen LogP contribution in [-0.4, -0.2) is 9.97 Å². The number of aromatic nitrogens is 2. The van der Waals surface area contributed by atoms with E-state index in [9.17, 15) is 0 Å². The quantitative estimate of drug-likeness (QED) is 0.773. The molecule has 19 heavy (non-hydrogen) atoms. The smallest absolute Gasteiger partial charge is 0.192 e. The van der Waals surface area contributed by atoms with Crippen molar-refractivity contribution in [2.75, 3.05) is 0 Å². The second-order valence-corrected chi connectivity index (χ2v) is 6.05. The molecule has 0 saturated carbocycles. The molecular weight excluding hydrogens is 322 g/mol. The van der Waals surface area contributed by atoms with Gasteiger partial charge >= 0.3 is 0 Å². The third-order valence-corrected chi connectivity index (χ3v) is 4.39. The van der Waals surface area contributed by atoms with E-state index in [2.05, 4.69) is 32.0 Å². The zero-order chi connectivity index (χ0) is 14.0. The Balaban J connectivity index is 2.32. The highest BCUT2D eigenvalue weighted by molar-refractivity contribution is 9.10. The van der Waals surface area contributed by atoms with Gasteiger partial charge in [0.15, 0.2) is 5.16 Å². The fraction of sp³-hybridized carbons (Fsp3) is 0.214. The lowest BCUT2D eigenvalue weighted by Gasteiger charge is -2.07. The van der Waals surface area contributed by atoms with Gasteiger partial charge in [0.25, 0.3) is 0 Å². The molecule has 0 radical (unpaired) electrons. The molecule has 0 spiro atoms. The average Bonchev–Trinajstić information content (AvgIpc) is 2.36. The Hall–Kier alpha value is -1.38. The molecule has 2 aromatic rings. The third-order valence-electron chi connectivity index (χ3n) is 2.88. The van der Waals surface area contributed by atoms with Gasteiger partial charge in [0, 0.05) is 20.8 Å². The predicted molar refractivity (Wildman–Crippen MR) is 79.2 cm³/mol. The summed E-state index contributed by atoms with van der Waals surface area (Å²) >= 11 is 4.88. The second-order valence-electron chi connectivity index (χ2n) is 4.16. The Bertz CT molecular complexity index is 654. The van der Waals surface area contributed by atoms with Crippen LogP contribution in [0.2, 0.25) is 0 Å². The fourth-order valence-corrected chi connectivity index (χ4v) is 3.05. The van der Waals surface area contributed by atoms with Crippen molar-refractivity contribution in [2.45, 2.75) is 30.8 Å². The van der Waals surface area contributed by atoms with E-state index in [1.165, 1.54) is 11.8 Å². The van der Waals surface area contributed by atoms with Crippen molar-refractivity contribution in [2.24, 2.45) is 0 Å². The molecule has 0 fully saturated rings. The normalized spacial score (nSPS) is 10.3. The molecule has 2 rings (SSSR count). The van der Waals surface area contributed by atoms with Crippen LogP contribution in [0.3, 0.4) is 0 Å². The standard InChI is InChI=1S/C14H12BrN3S/c1-8-9(2)17-14(18-10(8)3)19-12-5-4-11(7-16)13(15)6-12/h4-6H,1-3H3. The van der Waals surface area contributed by atoms with Crippen molar-refractivity contribution in [3.05, 3.63) is 45.2 Å². The maximum Gasteiger partial charge on any atom is 0.192 e. The van der Waals surface area contributed by atoms with Crippen LogP contribution in [-0.2, 0) is 0 Å². The molecule has 0 unspecified atom stereocenters. The van der Waals surface area contributed by atoms with Gasteiger partial charge in [0.1, 0.15) is 6.07 Å². The highest BCUT2D eigenvalue weighted by Gasteiger charge is 2.07. The molecular formula is C14H12BrN3S. The molecule has 0 atom stereocenters. The van der Waals surface area contributed by atoms with E-state index < -0.39 is 0 Å². The van der Waals surface area contributed by atoms with E-state index >= 15 is 0 Å². The molecule has 0 N–H and O–H groups in total. The highest BCUT2D eigenvalue weighted by Crippen LogP contribution is 2.29. The van der Waals surface area contributed by atoms with Crippen LogP contribution in [0.4, 0.5) is 0 Å². The minimum atomic E-state index is 0.626. The fourth-order valence-electron chi connectivity index (χ4n) is 1.54. The van der Waals surface area contributed by atoms with E-state index in [0.29, 0.717) is 5.56 Å². The molecule has 0 bridgehead atoms. The van der Waals surface area contributed by atoms with Crippen molar-refractivity contribution in [1.82, 2.24) is 9.97 Å². The van der Waals surface area contributed by atoms with Gasteiger partial charge < -0.3 is 0 Å². The predicted octanol–water partition coefficient (Wildman–Crippen LogP) is 4.19. The molecule has 0 aliphatic rings. The SMILES string of the molecule is Cc1nc(Sc2ccc(C#N)c(Br)c2)nc(C)c1C. The van der Waals surface area contributed by atoms with Gasteiger partial charge in [-0.2, -0.15) is 5.26 Å². The summed E-state index contributed by atoms with van der Waals surface area (Å²) in [4.78, 5) is 9.95. The first-order chi connectivity index (χ1) is 9.01. The summed E-state index contributed by atoms with van der Waals surface area (Å²) in [5.41, 5.74) is 3.76. The van der Waals surface area contributed by atoms with E-state index in [1.807, 2.05) is 32.9 Å². The molecule has 0 amide bonds. The molecule has 96 valence electrons. The first kappa shape index (κ1) is 14.0. The lowest BCUT2D eigenvalue weighted by Crippen LogP contribution is -1.97. The number of halogens is 1. The van der Waals surface area contributed by atoms with Crippen molar-refractivity contribution < 1.29 is 0 Å². The van der Waals surface area contributed by atoms with Crippen molar-refractivity contribution in [3.63, 3.8) is 0 Å². The maximum atomic E-state index is 8.89. The maximum absolute atomic E-state index is 8.89. The summed E-state index contributed by atoms with van der Waals surface area (Å²) in [6.07, 6.45) is 0. The molecule has 0 aliphatic heterocycles. The van der Waals surface area contributed by atoms with E-state index in [4.69, 9.17) is 5.26 Å². The molecule has 0 aliphatic carbocycles. The lowest BCUT2D eigenvalue weighted by molar-refractivity contribution is 0.881. The van der Waals surface area contributed by atoms with Crippen LogP contribution in [0.25, 0.3) is 0 Å². The van der Waals surface area contributed by atoms with Crippen molar-refractivity contribution >= 4 is 27.7 Å². The summed E-state index contributed by atoms with van der Waals surface area (Å²) in [7, 11) is 0. The number of nitrogens with zero attached hydrogens (tertiary/aromatic N) is 3. The van der Waals surface area contributed by atoms with Crippen LogP contribution in [0.15, 0.2) is 32.7 Å². The minimum Gasteiger partial charge on any atom is -0.227 e. The zero-order valence-electron chi connectivity index (χ0n) is 10.9. The zero-order valence-corrected chi connectivity index (χ0v) is 13.3. The molecule has 1 aromatic carbocycles. The summed E-state index contributed by atoms with van der Waals surface area (Å²) in [6, 6.07) is 7.74. The Kier molecular flexibility index (Phi) is 4.23. The first-order valence-corrected chi connectivity index (χ1v) is 7.31. The van der Waals surface area contributed by atoms with E-state index in [1.54, 1.807) is 6.07 Å². The summed E-state index contributed by atoms with van der Waals surface area (Å²) in [6.45, 7) is 6.00. The highest BCUT2D eigenvalue weighted by atomic mass is 79.9. The largest absolute Gasteiger partial charge is 0.227 e. The summed E-state index contributed by atoms with van der Waals surface area (Å²) < 4.78 is 0.792. The number of rotatable bonds is 2. The van der Waals surface area contributed by atoms with Crippen molar-refractivity contribution in [3.8, 4) is 6.07 Å². The topological polar surface area (TPSA) is 49.6 Å². The van der Waals surface area contributed by atoms with Gasteiger partial charge in [-0.15, -0.1) is 0 Å². The Morgan fingerprint density at radius 3 is 2.32 bits per heavy atom. The molecule has 5 heteroatoms. The summed E-state index contributed by atoms with van der Waals surface area (Å²) in [5.74, 6) is 0. The number of benzene rings is 1. The molecule has 3 nitrogen and oxygen atoms in total. The monoisotopic (exact) mass is 333 g/mol. The van der Waals surface area contributed by atoms with E-state index in [-0.39, 0.29) is 0 Å². The third kappa shape index (κ3) is 3.14. The van der Waals surface area contributed by atoms with Gasteiger partial charge in [0.05, 0.1) is 5.56 Å². The second kappa shape index (κ2) is 5.72. The van der Waals surface area contributed by atoms with Crippen LogP contribution in [0.5, 0.6) is 0 Å². The van der Waals surface area contributed by atoms with E-state index in [0.717, 1.165) is 31.5 Å². The van der Waals surface area contributed by atoms with Gasteiger partial charge in [-0.1, -0.05) is 0 Å². The first-order valence-electron chi connectivity index (χ1n) is 5.70. The van der Waals surface area contributed by atoms with Crippen LogP contribution in [0, 0.1) is 32.1 Å². The Labute approximate surface area is 125 Å². The van der Waals surface area contributed by atoms with Crippen LogP contribution >= 0.6 is 27.7 Å². The number of aryl methyl sites for hydroxylation is 2. The van der Waals surface area contributed by atoms with Gasteiger partial charge in [-0.25, -0.2) is 9.97 Å². The lowest BCUT2D eigenvalue weighted by atomic mass is 10.2. The minimum absolute atomic E-state index is 0.626. The molecule has 0 saturated heterocycles. The van der Waals surface area contributed by atoms with Crippen LogP contribution in [0.1, 0.15) is 22.5 Å². The van der Waals surface area contributed by atoms with Gasteiger partial charge in [0.2, 0.25) is 0 Å². The molecule has 1 heterocycles. The van der Waals surface area contributed by atoms with Gasteiger partial charge in [-0.05, 0) is 72.2 Å².